The molecule has 1 aliphatic heterocycles. The molecule has 0 saturated carbocycles. The molecule has 3 heterocycles. The van der Waals surface area contributed by atoms with E-state index in [1.165, 1.54) is 11.0 Å². The molecule has 7 nitrogen and oxygen atoms in total. The van der Waals surface area contributed by atoms with Gasteiger partial charge in [-0.1, -0.05) is 43.6 Å². The van der Waals surface area contributed by atoms with Crippen molar-refractivity contribution in [2.24, 2.45) is 18.9 Å². The second-order valence-corrected chi connectivity index (χ2v) is 8.34. The van der Waals surface area contributed by atoms with Crippen molar-refractivity contribution >= 4 is 28.7 Å². The average molecular weight is 402 g/mol. The number of hydrogen-bond donors (Lipinski definition) is 1. The number of nitrogens with zero attached hydrogens (tertiary/aromatic N) is 4. The maximum atomic E-state index is 12.7. The highest BCUT2D eigenvalue weighted by molar-refractivity contribution is 6.31. The zero-order chi connectivity index (χ0) is 20.0. The molecule has 1 N–H and O–H groups in total. The van der Waals surface area contributed by atoms with E-state index in [2.05, 4.69) is 23.7 Å². The normalized spacial score (nSPS) is 20.1. The molecule has 0 spiro atoms. The van der Waals surface area contributed by atoms with Gasteiger partial charge in [0.15, 0.2) is 11.2 Å². The number of rotatable bonds is 3. The molecule has 2 atom stereocenters. The van der Waals surface area contributed by atoms with E-state index in [9.17, 15) is 9.59 Å². The number of aryl methyl sites for hydroxylation is 1. The first kappa shape index (κ1) is 18.8. The van der Waals surface area contributed by atoms with Crippen LogP contribution in [0.2, 0.25) is 5.02 Å². The summed E-state index contributed by atoms with van der Waals surface area (Å²) < 4.78 is 3.28. The number of halogens is 1. The van der Waals surface area contributed by atoms with Crippen molar-refractivity contribution in [1.82, 2.24) is 19.1 Å². The van der Waals surface area contributed by atoms with Crippen LogP contribution in [-0.4, -0.2) is 32.2 Å². The van der Waals surface area contributed by atoms with Crippen LogP contribution in [0, 0.1) is 11.8 Å². The van der Waals surface area contributed by atoms with Gasteiger partial charge in [0.2, 0.25) is 5.95 Å². The average Bonchev–Trinajstić information content (AvgIpc) is 3.01. The standard InChI is InChI=1S/C20H24ClN5O2/c1-12-8-13(2)10-25(9-12)19-22-17-16(18(27)23-20(28)24(17)3)26(19)11-14-6-4-5-7-15(14)21/h4-7,12-13H,8-11H2,1-3H3,(H,23,27,28). The lowest BCUT2D eigenvalue weighted by molar-refractivity contribution is 0.352. The van der Waals surface area contributed by atoms with Crippen LogP contribution in [0.1, 0.15) is 25.8 Å². The Hall–Kier alpha value is -2.54. The fourth-order valence-electron chi connectivity index (χ4n) is 4.24. The van der Waals surface area contributed by atoms with Crippen molar-refractivity contribution in [3.8, 4) is 0 Å². The van der Waals surface area contributed by atoms with E-state index in [4.69, 9.17) is 16.6 Å². The summed E-state index contributed by atoms with van der Waals surface area (Å²) in [5.41, 5.74) is 0.787. The van der Waals surface area contributed by atoms with Crippen molar-refractivity contribution in [3.05, 3.63) is 55.7 Å². The van der Waals surface area contributed by atoms with Crippen molar-refractivity contribution in [1.29, 1.82) is 0 Å². The van der Waals surface area contributed by atoms with Crippen LogP contribution in [0.5, 0.6) is 0 Å². The van der Waals surface area contributed by atoms with Gasteiger partial charge >= 0.3 is 5.69 Å². The highest BCUT2D eigenvalue weighted by Gasteiger charge is 2.28. The van der Waals surface area contributed by atoms with Crippen molar-refractivity contribution in [2.45, 2.75) is 26.8 Å². The number of imidazole rings is 1. The smallest absolute Gasteiger partial charge is 0.329 e. The summed E-state index contributed by atoms with van der Waals surface area (Å²) in [5.74, 6) is 1.76. The summed E-state index contributed by atoms with van der Waals surface area (Å²) >= 11 is 6.38. The molecule has 2 unspecified atom stereocenters. The number of aromatic amines is 1. The number of aromatic nitrogens is 4. The van der Waals surface area contributed by atoms with Gasteiger partial charge in [0.25, 0.3) is 5.56 Å². The molecular formula is C20H24ClN5O2. The van der Waals surface area contributed by atoms with Gasteiger partial charge in [-0.2, -0.15) is 4.98 Å². The summed E-state index contributed by atoms with van der Waals surface area (Å²) in [4.78, 5) is 34.1. The number of piperidine rings is 1. The number of anilines is 1. The van der Waals surface area contributed by atoms with Crippen LogP contribution >= 0.6 is 11.6 Å². The first-order valence-electron chi connectivity index (χ1n) is 9.53. The van der Waals surface area contributed by atoms with Gasteiger partial charge in [0.05, 0.1) is 6.54 Å². The Kier molecular flexibility index (Phi) is 4.79. The number of nitrogens with one attached hydrogen (secondary N) is 1. The Labute approximate surface area is 167 Å². The van der Waals surface area contributed by atoms with Crippen LogP contribution in [-0.2, 0) is 13.6 Å². The Morgan fingerprint density at radius 3 is 2.54 bits per heavy atom. The highest BCUT2D eigenvalue weighted by atomic mass is 35.5. The van der Waals surface area contributed by atoms with Gasteiger partial charge in [-0.25, -0.2) is 4.79 Å². The Bertz CT molecular complexity index is 1140. The molecule has 1 aromatic carbocycles. The first-order valence-corrected chi connectivity index (χ1v) is 9.90. The van der Waals surface area contributed by atoms with E-state index in [1.54, 1.807) is 7.05 Å². The predicted molar refractivity (Wildman–Crippen MR) is 111 cm³/mol. The second kappa shape index (κ2) is 7.13. The van der Waals surface area contributed by atoms with Crippen molar-refractivity contribution < 1.29 is 0 Å². The lowest BCUT2D eigenvalue weighted by Crippen LogP contribution is -2.40. The van der Waals surface area contributed by atoms with Gasteiger partial charge in [-0.05, 0) is 29.9 Å². The molecule has 1 saturated heterocycles. The zero-order valence-corrected chi connectivity index (χ0v) is 17.0. The van der Waals surface area contributed by atoms with Crippen molar-refractivity contribution in [2.75, 3.05) is 18.0 Å². The van der Waals surface area contributed by atoms with E-state index in [1.807, 2.05) is 28.8 Å². The molecular weight excluding hydrogens is 378 g/mol. The predicted octanol–water partition coefficient (Wildman–Crippen LogP) is 2.61. The van der Waals surface area contributed by atoms with Crippen LogP contribution in [0.25, 0.3) is 11.2 Å². The minimum absolute atomic E-state index is 0.390. The molecule has 0 radical (unpaired) electrons. The summed E-state index contributed by atoms with van der Waals surface area (Å²) in [6.45, 7) is 6.59. The van der Waals surface area contributed by atoms with Crippen LogP contribution in [0.4, 0.5) is 5.95 Å². The third-order valence-electron chi connectivity index (χ3n) is 5.42. The summed E-state index contributed by atoms with van der Waals surface area (Å²) in [6, 6.07) is 7.57. The molecule has 1 fully saturated rings. The van der Waals surface area contributed by atoms with Gasteiger partial charge in [0.1, 0.15) is 0 Å². The number of benzene rings is 1. The molecule has 1 aliphatic rings. The summed E-state index contributed by atoms with van der Waals surface area (Å²) in [5, 5.41) is 0.636. The second-order valence-electron chi connectivity index (χ2n) is 7.93. The number of fused-ring (bicyclic) bond motifs is 1. The van der Waals surface area contributed by atoms with Gasteiger partial charge in [-0.3, -0.25) is 18.9 Å². The number of hydrogen-bond acceptors (Lipinski definition) is 4. The minimum Gasteiger partial charge on any atom is -0.342 e. The molecule has 0 bridgehead atoms. The molecule has 4 rings (SSSR count). The summed E-state index contributed by atoms with van der Waals surface area (Å²) in [7, 11) is 1.62. The quantitative estimate of drug-likeness (QED) is 0.731. The molecule has 28 heavy (non-hydrogen) atoms. The van der Waals surface area contributed by atoms with Gasteiger partial charge in [-0.15, -0.1) is 0 Å². The highest BCUT2D eigenvalue weighted by Crippen LogP contribution is 2.29. The molecule has 0 aliphatic carbocycles. The fraction of sp³-hybridized carbons (Fsp3) is 0.450. The minimum atomic E-state index is -0.466. The van der Waals surface area contributed by atoms with Crippen LogP contribution in [0.3, 0.4) is 0 Å². The molecule has 3 aromatic rings. The zero-order valence-electron chi connectivity index (χ0n) is 16.3. The van der Waals surface area contributed by atoms with Crippen molar-refractivity contribution in [3.63, 3.8) is 0 Å². The van der Waals surface area contributed by atoms with E-state index < -0.39 is 11.2 Å². The van der Waals surface area contributed by atoms with E-state index in [0.29, 0.717) is 40.5 Å². The maximum Gasteiger partial charge on any atom is 0.329 e. The van der Waals surface area contributed by atoms with E-state index in [0.717, 1.165) is 18.7 Å². The Morgan fingerprint density at radius 1 is 1.18 bits per heavy atom. The molecule has 8 heteroatoms. The first-order chi connectivity index (χ1) is 13.3. The Morgan fingerprint density at radius 2 is 1.86 bits per heavy atom. The fourth-order valence-corrected chi connectivity index (χ4v) is 4.43. The molecule has 148 valence electrons. The maximum absolute atomic E-state index is 12.7. The lowest BCUT2D eigenvalue weighted by Gasteiger charge is -2.35. The van der Waals surface area contributed by atoms with Crippen LogP contribution in [0.15, 0.2) is 33.9 Å². The number of H-pyrrole nitrogens is 1. The topological polar surface area (TPSA) is 75.9 Å². The largest absolute Gasteiger partial charge is 0.342 e. The SMILES string of the molecule is CC1CC(C)CN(c2nc3c(c(=O)[nH]c(=O)n3C)n2Cc2ccccc2Cl)C1. The Balaban J connectivity index is 1.94. The van der Waals surface area contributed by atoms with Gasteiger partial charge in [0, 0.05) is 25.2 Å². The molecule has 2 aromatic heterocycles. The van der Waals surface area contributed by atoms with Gasteiger partial charge < -0.3 is 4.90 Å². The third-order valence-corrected chi connectivity index (χ3v) is 5.79. The summed E-state index contributed by atoms with van der Waals surface area (Å²) in [6.07, 6.45) is 1.17. The monoisotopic (exact) mass is 401 g/mol. The lowest BCUT2D eigenvalue weighted by atomic mass is 9.92. The van der Waals surface area contributed by atoms with E-state index in [-0.39, 0.29) is 0 Å². The van der Waals surface area contributed by atoms with E-state index >= 15 is 0 Å². The van der Waals surface area contributed by atoms with Crippen LogP contribution < -0.4 is 16.1 Å². The third kappa shape index (κ3) is 3.24. The molecule has 0 amide bonds.